The van der Waals surface area contributed by atoms with E-state index in [1.807, 2.05) is 19.1 Å². The van der Waals surface area contributed by atoms with Gasteiger partial charge in [-0.25, -0.2) is 15.0 Å². The van der Waals surface area contributed by atoms with Crippen molar-refractivity contribution in [3.8, 4) is 0 Å². The van der Waals surface area contributed by atoms with E-state index in [0.29, 0.717) is 40.0 Å². The number of H-pyrrole nitrogens is 1. The van der Waals surface area contributed by atoms with Gasteiger partial charge in [-0.1, -0.05) is 23.2 Å². The number of nitrogens with zero attached hydrogens (tertiary/aromatic N) is 4. The maximum Gasteiger partial charge on any atom is 0.255 e. The second-order valence-electron chi connectivity index (χ2n) is 8.02. The van der Waals surface area contributed by atoms with E-state index in [1.54, 1.807) is 23.1 Å². The van der Waals surface area contributed by atoms with Gasteiger partial charge in [0.15, 0.2) is 0 Å². The Kier molecular flexibility index (Phi) is 5.36. The smallest absolute Gasteiger partial charge is 0.255 e. The third kappa shape index (κ3) is 3.85. The second-order valence-corrected chi connectivity index (χ2v) is 8.86. The van der Waals surface area contributed by atoms with Crippen LogP contribution in [0.1, 0.15) is 35.6 Å². The number of benzene rings is 2. The fourth-order valence-corrected chi connectivity index (χ4v) is 4.39. The number of carbonyl (C=O) groups excluding carboxylic acids is 1. The number of fused-ring (bicyclic) bond motifs is 2. The van der Waals surface area contributed by atoms with E-state index in [-0.39, 0.29) is 18.0 Å². The van der Waals surface area contributed by atoms with Crippen LogP contribution in [0.4, 0.5) is 5.82 Å². The lowest BCUT2D eigenvalue weighted by molar-refractivity contribution is 0.0791. The van der Waals surface area contributed by atoms with Crippen molar-refractivity contribution in [3.05, 3.63) is 58.1 Å². The average Bonchev–Trinajstić information content (AvgIpc) is 3.39. The molecule has 8 nitrogen and oxygen atoms in total. The molecule has 1 aliphatic heterocycles. The van der Waals surface area contributed by atoms with Gasteiger partial charge >= 0.3 is 0 Å². The van der Waals surface area contributed by atoms with E-state index in [2.05, 4.69) is 25.3 Å². The van der Waals surface area contributed by atoms with Crippen LogP contribution in [0.15, 0.2) is 36.7 Å². The quantitative estimate of drug-likeness (QED) is 0.413. The van der Waals surface area contributed by atoms with Crippen LogP contribution in [0.3, 0.4) is 0 Å². The van der Waals surface area contributed by atoms with E-state index >= 15 is 0 Å². The van der Waals surface area contributed by atoms with Crippen molar-refractivity contribution in [2.75, 3.05) is 18.4 Å². The summed E-state index contributed by atoms with van der Waals surface area (Å²) in [7, 11) is 0. The Morgan fingerprint density at radius 3 is 2.88 bits per heavy atom. The van der Waals surface area contributed by atoms with Crippen LogP contribution in [0.5, 0.6) is 0 Å². The van der Waals surface area contributed by atoms with Gasteiger partial charge in [0.25, 0.3) is 5.91 Å². The van der Waals surface area contributed by atoms with Gasteiger partial charge in [-0.2, -0.15) is 0 Å². The number of amides is 1. The molecule has 4 N–H and O–H groups in total. The Bertz CT molecular complexity index is 1340. The van der Waals surface area contributed by atoms with E-state index in [9.17, 15) is 4.79 Å². The fraction of sp³-hybridized carbons (Fsp3) is 0.273. The first-order chi connectivity index (χ1) is 15.4. The maximum absolute atomic E-state index is 12.9. The van der Waals surface area contributed by atoms with E-state index in [1.165, 1.54) is 6.33 Å². The van der Waals surface area contributed by atoms with E-state index in [4.69, 9.17) is 28.9 Å². The first kappa shape index (κ1) is 20.9. The summed E-state index contributed by atoms with van der Waals surface area (Å²) in [6, 6.07) is 8.79. The molecule has 0 saturated carbocycles. The van der Waals surface area contributed by atoms with Crippen molar-refractivity contribution in [1.29, 1.82) is 0 Å². The fourth-order valence-electron chi connectivity index (χ4n) is 3.98. The summed E-state index contributed by atoms with van der Waals surface area (Å²) in [6.07, 6.45) is 2.25. The first-order valence-electron chi connectivity index (χ1n) is 10.3. The molecule has 2 unspecified atom stereocenters. The molecule has 2 atom stereocenters. The van der Waals surface area contributed by atoms with Crippen LogP contribution in [0.2, 0.25) is 10.0 Å². The Morgan fingerprint density at radius 2 is 2.09 bits per heavy atom. The van der Waals surface area contributed by atoms with Gasteiger partial charge in [0.05, 0.1) is 33.2 Å². The van der Waals surface area contributed by atoms with Crippen molar-refractivity contribution >= 4 is 56.9 Å². The van der Waals surface area contributed by atoms with Gasteiger partial charge in [-0.3, -0.25) is 4.79 Å². The standard InChI is InChI=1S/C22H21Cl2N7O/c1-11(20-29-17-3-2-12(23)6-19(17)30-20)28-21-15-7-16(24)14(8-18(15)26-10-27-21)22(32)31-5-4-13(25)9-31/h2-3,6-8,10-11,13H,4-5,9,25H2,1H3,(H,29,30)(H,26,27,28). The molecule has 0 spiro atoms. The lowest BCUT2D eigenvalue weighted by Crippen LogP contribution is -2.32. The van der Waals surface area contributed by atoms with Gasteiger partial charge < -0.3 is 20.9 Å². The lowest BCUT2D eigenvalue weighted by atomic mass is 10.1. The molecule has 0 bridgehead atoms. The summed E-state index contributed by atoms with van der Waals surface area (Å²) < 4.78 is 0. The van der Waals surface area contributed by atoms with Crippen molar-refractivity contribution in [2.24, 2.45) is 5.73 Å². The molecule has 0 aliphatic carbocycles. The maximum atomic E-state index is 12.9. The highest BCUT2D eigenvalue weighted by Crippen LogP contribution is 2.30. The van der Waals surface area contributed by atoms with E-state index in [0.717, 1.165) is 28.7 Å². The number of carbonyl (C=O) groups is 1. The summed E-state index contributed by atoms with van der Waals surface area (Å²) in [6.45, 7) is 3.14. The summed E-state index contributed by atoms with van der Waals surface area (Å²) in [5.74, 6) is 1.22. The van der Waals surface area contributed by atoms with Crippen LogP contribution in [0.25, 0.3) is 21.9 Å². The Morgan fingerprint density at radius 1 is 1.25 bits per heavy atom. The van der Waals surface area contributed by atoms with Gasteiger partial charge in [0.1, 0.15) is 18.0 Å². The topological polar surface area (TPSA) is 113 Å². The molecule has 4 aromatic rings. The van der Waals surface area contributed by atoms with Crippen LogP contribution in [-0.2, 0) is 0 Å². The van der Waals surface area contributed by atoms with Crippen molar-refractivity contribution in [3.63, 3.8) is 0 Å². The number of imidazole rings is 1. The molecular weight excluding hydrogens is 449 g/mol. The molecule has 164 valence electrons. The molecule has 3 heterocycles. The number of nitrogens with two attached hydrogens (primary N) is 1. The summed E-state index contributed by atoms with van der Waals surface area (Å²) in [4.78, 5) is 31.3. The van der Waals surface area contributed by atoms with Crippen LogP contribution in [-0.4, -0.2) is 49.9 Å². The van der Waals surface area contributed by atoms with E-state index < -0.39 is 0 Å². The predicted molar refractivity (Wildman–Crippen MR) is 126 cm³/mol. The molecule has 1 amide bonds. The molecule has 2 aromatic heterocycles. The van der Waals surface area contributed by atoms with Crippen LogP contribution in [0, 0.1) is 0 Å². The summed E-state index contributed by atoms with van der Waals surface area (Å²) in [5, 5.41) is 5.08. The van der Waals surface area contributed by atoms with Crippen LogP contribution < -0.4 is 11.1 Å². The summed E-state index contributed by atoms with van der Waals surface area (Å²) in [5.41, 5.74) is 8.68. The first-order valence-corrected chi connectivity index (χ1v) is 11.1. The third-order valence-electron chi connectivity index (χ3n) is 5.69. The second kappa shape index (κ2) is 8.20. The number of likely N-dealkylation sites (tertiary alicyclic amines) is 1. The highest BCUT2D eigenvalue weighted by atomic mass is 35.5. The minimum Gasteiger partial charge on any atom is -0.360 e. The van der Waals surface area contributed by atoms with Gasteiger partial charge in [0, 0.05) is 29.5 Å². The number of halogens is 2. The number of hydrogen-bond donors (Lipinski definition) is 3. The molecule has 10 heteroatoms. The number of anilines is 1. The number of hydrogen-bond acceptors (Lipinski definition) is 6. The zero-order chi connectivity index (χ0) is 22.4. The monoisotopic (exact) mass is 469 g/mol. The highest BCUT2D eigenvalue weighted by Gasteiger charge is 2.26. The minimum atomic E-state index is -0.176. The molecular formula is C22H21Cl2N7O. The Balaban J connectivity index is 1.45. The number of nitrogens with one attached hydrogen (secondary N) is 2. The Labute approximate surface area is 194 Å². The van der Waals surface area contributed by atoms with Gasteiger partial charge in [-0.15, -0.1) is 0 Å². The molecule has 32 heavy (non-hydrogen) atoms. The Hall–Kier alpha value is -2.94. The third-order valence-corrected chi connectivity index (χ3v) is 6.24. The molecule has 1 aliphatic rings. The largest absolute Gasteiger partial charge is 0.360 e. The molecule has 1 fully saturated rings. The van der Waals surface area contributed by atoms with Gasteiger partial charge in [-0.05, 0) is 43.7 Å². The molecule has 5 rings (SSSR count). The number of aromatic nitrogens is 4. The normalized spacial score (nSPS) is 17.2. The predicted octanol–water partition coefficient (Wildman–Crippen LogP) is 4.16. The molecule has 0 radical (unpaired) electrons. The SMILES string of the molecule is CC(Nc1ncnc2cc(C(=O)N3CCC(N)C3)c(Cl)cc12)c1nc2ccc(Cl)cc2[nH]1. The zero-order valence-electron chi connectivity index (χ0n) is 17.3. The van der Waals surface area contributed by atoms with Crippen molar-refractivity contribution in [2.45, 2.75) is 25.4 Å². The molecule has 1 saturated heterocycles. The molecule has 2 aromatic carbocycles. The minimum absolute atomic E-state index is 0.00655. The average molecular weight is 470 g/mol. The lowest BCUT2D eigenvalue weighted by Gasteiger charge is -2.18. The number of rotatable bonds is 4. The zero-order valence-corrected chi connectivity index (χ0v) is 18.8. The number of aromatic amines is 1. The summed E-state index contributed by atoms with van der Waals surface area (Å²) >= 11 is 12.6. The van der Waals surface area contributed by atoms with Gasteiger partial charge in [0.2, 0.25) is 0 Å². The van der Waals surface area contributed by atoms with Crippen molar-refractivity contribution in [1.82, 2.24) is 24.8 Å². The van der Waals surface area contributed by atoms with Crippen LogP contribution >= 0.6 is 23.2 Å². The highest BCUT2D eigenvalue weighted by molar-refractivity contribution is 6.35. The van der Waals surface area contributed by atoms with Crippen molar-refractivity contribution < 1.29 is 4.79 Å².